The Balaban J connectivity index is 2.41. The van der Waals surface area contributed by atoms with Crippen molar-refractivity contribution in [2.45, 2.75) is 13.0 Å². The summed E-state index contributed by atoms with van der Waals surface area (Å²) in [6, 6.07) is 5.94. The predicted octanol–water partition coefficient (Wildman–Crippen LogP) is 2.32. The smallest absolute Gasteiger partial charge is 0.168 e. The first-order valence-electron chi connectivity index (χ1n) is 5.34. The van der Waals surface area contributed by atoms with Crippen LogP contribution in [-0.4, -0.2) is 15.8 Å². The maximum absolute atomic E-state index is 13.5. The maximum Gasteiger partial charge on any atom is 0.168 e. The number of nitriles is 1. The lowest BCUT2D eigenvalue weighted by molar-refractivity contribution is 0.111. The minimum absolute atomic E-state index is 0.00666. The molecule has 0 saturated carbocycles. The van der Waals surface area contributed by atoms with E-state index in [2.05, 4.69) is 4.98 Å². The van der Waals surface area contributed by atoms with Crippen molar-refractivity contribution in [3.05, 3.63) is 53.4 Å². The topological polar surface area (TPSA) is 58.7 Å². The fourth-order valence-electron chi connectivity index (χ4n) is 1.77. The molecule has 0 aliphatic carbocycles. The summed E-state index contributed by atoms with van der Waals surface area (Å²) in [5, 5.41) is 8.66. The molecule has 1 aromatic carbocycles. The number of hydrogen-bond donors (Lipinski definition) is 0. The lowest BCUT2D eigenvalue weighted by Crippen LogP contribution is -2.09. The van der Waals surface area contributed by atoms with Crippen LogP contribution in [0.1, 0.15) is 34.6 Å². The molecule has 1 aromatic heterocycles. The Morgan fingerprint density at radius 3 is 2.94 bits per heavy atom. The molecule has 2 rings (SSSR count). The Morgan fingerprint density at radius 1 is 1.56 bits per heavy atom. The van der Waals surface area contributed by atoms with Gasteiger partial charge < -0.3 is 4.57 Å². The lowest BCUT2D eigenvalue weighted by atomic mass is 10.1. The van der Waals surface area contributed by atoms with Crippen molar-refractivity contribution < 1.29 is 9.18 Å². The van der Waals surface area contributed by atoms with Gasteiger partial charge in [-0.3, -0.25) is 4.79 Å². The van der Waals surface area contributed by atoms with Gasteiger partial charge in [-0.2, -0.15) is 5.26 Å². The third-order valence-corrected chi connectivity index (χ3v) is 2.83. The molecule has 1 heterocycles. The molecule has 0 unspecified atom stereocenters. The zero-order valence-corrected chi connectivity index (χ0v) is 9.67. The van der Waals surface area contributed by atoms with E-state index in [1.54, 1.807) is 16.7 Å². The Morgan fingerprint density at radius 2 is 2.33 bits per heavy atom. The van der Waals surface area contributed by atoms with Crippen molar-refractivity contribution in [1.29, 1.82) is 5.26 Å². The third-order valence-electron chi connectivity index (χ3n) is 2.83. The number of halogens is 1. The maximum atomic E-state index is 13.5. The van der Waals surface area contributed by atoms with Gasteiger partial charge in [0.05, 0.1) is 24.1 Å². The van der Waals surface area contributed by atoms with E-state index >= 15 is 0 Å². The number of benzene rings is 1. The van der Waals surface area contributed by atoms with Gasteiger partial charge in [0.15, 0.2) is 6.29 Å². The van der Waals surface area contributed by atoms with E-state index in [9.17, 15) is 9.18 Å². The number of aldehydes is 1. The molecule has 0 amide bonds. The first-order chi connectivity index (χ1) is 8.67. The van der Waals surface area contributed by atoms with E-state index in [1.165, 1.54) is 24.7 Å². The average molecular weight is 243 g/mol. The van der Waals surface area contributed by atoms with Crippen LogP contribution in [0.4, 0.5) is 4.39 Å². The second-order valence-electron chi connectivity index (χ2n) is 3.87. The predicted molar refractivity (Wildman–Crippen MR) is 62.5 cm³/mol. The molecular formula is C13H10FN3O. The zero-order valence-electron chi connectivity index (χ0n) is 9.67. The molecule has 1 atom stereocenters. The molecule has 4 nitrogen and oxygen atoms in total. The fourth-order valence-corrected chi connectivity index (χ4v) is 1.77. The molecule has 0 aliphatic heterocycles. The van der Waals surface area contributed by atoms with Gasteiger partial charge in [0, 0.05) is 0 Å². The zero-order chi connectivity index (χ0) is 13.1. The fraction of sp³-hybridized carbons (Fsp3) is 0.154. The van der Waals surface area contributed by atoms with E-state index in [-0.39, 0.29) is 11.6 Å². The number of aromatic nitrogens is 2. The van der Waals surface area contributed by atoms with Crippen LogP contribution in [0.15, 0.2) is 30.7 Å². The molecule has 0 aliphatic rings. The summed E-state index contributed by atoms with van der Waals surface area (Å²) in [7, 11) is 0. The van der Waals surface area contributed by atoms with Gasteiger partial charge in [-0.15, -0.1) is 0 Å². The summed E-state index contributed by atoms with van der Waals surface area (Å²) >= 11 is 0. The highest BCUT2D eigenvalue weighted by atomic mass is 19.1. The molecule has 2 aromatic rings. The monoisotopic (exact) mass is 243 g/mol. The number of rotatable bonds is 3. The molecule has 5 heteroatoms. The van der Waals surface area contributed by atoms with E-state index in [0.717, 1.165) is 0 Å². The second-order valence-corrected chi connectivity index (χ2v) is 3.87. The summed E-state index contributed by atoms with van der Waals surface area (Å²) in [6.07, 6.45) is 3.66. The standard InChI is InChI=1S/C13H10FN3O/c1-9(17-8-16-6-12(17)7-18)10-2-3-11(5-15)13(14)4-10/h2-4,6-9H,1H3/t9-/m1/s1. The summed E-state index contributed by atoms with van der Waals surface area (Å²) in [5.74, 6) is -0.561. The molecule has 0 spiro atoms. The highest BCUT2D eigenvalue weighted by Gasteiger charge is 2.13. The number of imidazole rings is 1. The van der Waals surface area contributed by atoms with Gasteiger partial charge in [0.25, 0.3) is 0 Å². The number of carbonyl (C=O) groups is 1. The quantitative estimate of drug-likeness (QED) is 0.777. The molecule has 0 N–H and O–H groups in total. The molecule has 0 saturated heterocycles. The van der Waals surface area contributed by atoms with Gasteiger partial charge in [-0.05, 0) is 24.6 Å². The number of carbonyl (C=O) groups excluding carboxylic acids is 1. The SMILES string of the molecule is C[C@H](c1ccc(C#N)c(F)c1)n1cncc1C=O. The van der Waals surface area contributed by atoms with E-state index in [1.807, 2.05) is 6.92 Å². The van der Waals surface area contributed by atoms with E-state index < -0.39 is 5.82 Å². The van der Waals surface area contributed by atoms with Crippen LogP contribution >= 0.6 is 0 Å². The van der Waals surface area contributed by atoms with Crippen LogP contribution in [0.3, 0.4) is 0 Å². The first-order valence-corrected chi connectivity index (χ1v) is 5.34. The van der Waals surface area contributed by atoms with Gasteiger partial charge in [0.1, 0.15) is 17.6 Å². The van der Waals surface area contributed by atoms with Crippen molar-refractivity contribution in [1.82, 2.24) is 9.55 Å². The van der Waals surface area contributed by atoms with Crippen molar-refractivity contribution in [3.8, 4) is 6.07 Å². The number of nitrogens with zero attached hydrogens (tertiary/aromatic N) is 3. The van der Waals surface area contributed by atoms with Crippen LogP contribution in [0.2, 0.25) is 0 Å². The second kappa shape index (κ2) is 4.80. The Hall–Kier alpha value is -2.48. The van der Waals surface area contributed by atoms with Crippen LogP contribution in [0.25, 0.3) is 0 Å². The summed E-state index contributed by atoms with van der Waals surface area (Å²) in [4.78, 5) is 14.7. The van der Waals surface area contributed by atoms with E-state index in [0.29, 0.717) is 17.5 Å². The highest BCUT2D eigenvalue weighted by molar-refractivity contribution is 5.71. The highest BCUT2D eigenvalue weighted by Crippen LogP contribution is 2.21. The molecule has 0 radical (unpaired) electrons. The minimum atomic E-state index is -0.561. The largest absolute Gasteiger partial charge is 0.321 e. The minimum Gasteiger partial charge on any atom is -0.321 e. The normalized spacial score (nSPS) is 11.8. The van der Waals surface area contributed by atoms with Crippen molar-refractivity contribution in [2.75, 3.05) is 0 Å². The van der Waals surface area contributed by atoms with Gasteiger partial charge in [0.2, 0.25) is 0 Å². The van der Waals surface area contributed by atoms with Gasteiger partial charge in [-0.1, -0.05) is 6.07 Å². The number of hydrogen-bond acceptors (Lipinski definition) is 3. The van der Waals surface area contributed by atoms with Crippen LogP contribution in [0, 0.1) is 17.1 Å². The molecule has 0 bridgehead atoms. The summed E-state index contributed by atoms with van der Waals surface area (Å²) in [5.41, 5.74) is 1.10. The average Bonchev–Trinajstić information content (AvgIpc) is 2.86. The van der Waals surface area contributed by atoms with Gasteiger partial charge in [-0.25, -0.2) is 9.37 Å². The van der Waals surface area contributed by atoms with Crippen molar-refractivity contribution >= 4 is 6.29 Å². The van der Waals surface area contributed by atoms with Crippen LogP contribution < -0.4 is 0 Å². The first kappa shape index (κ1) is 12.0. The Kier molecular flexibility index (Phi) is 3.20. The molecule has 90 valence electrons. The molecule has 0 fully saturated rings. The third kappa shape index (κ3) is 2.00. The summed E-state index contributed by atoms with van der Waals surface area (Å²) < 4.78 is 15.2. The Bertz CT molecular complexity index is 627. The lowest BCUT2D eigenvalue weighted by Gasteiger charge is -2.15. The van der Waals surface area contributed by atoms with E-state index in [4.69, 9.17) is 5.26 Å². The molecule has 18 heavy (non-hydrogen) atoms. The Labute approximate surface area is 103 Å². The van der Waals surface area contributed by atoms with Gasteiger partial charge >= 0.3 is 0 Å². The van der Waals surface area contributed by atoms with Crippen LogP contribution in [0.5, 0.6) is 0 Å². The van der Waals surface area contributed by atoms with Crippen LogP contribution in [-0.2, 0) is 0 Å². The summed E-state index contributed by atoms with van der Waals surface area (Å²) in [6.45, 7) is 1.83. The van der Waals surface area contributed by atoms with Crippen molar-refractivity contribution in [2.24, 2.45) is 0 Å². The molecular weight excluding hydrogens is 233 g/mol. The van der Waals surface area contributed by atoms with Crippen molar-refractivity contribution in [3.63, 3.8) is 0 Å².